The number of rotatable bonds is 8. The number of carbonyl (C=O) groups excluding carboxylic acids is 1. The van der Waals surface area contributed by atoms with Gasteiger partial charge in [-0.05, 0) is 57.0 Å². The van der Waals surface area contributed by atoms with Gasteiger partial charge in [-0.15, -0.1) is 24.0 Å². The van der Waals surface area contributed by atoms with Gasteiger partial charge in [0.15, 0.2) is 5.96 Å². The van der Waals surface area contributed by atoms with Gasteiger partial charge in [0.25, 0.3) is 0 Å². The van der Waals surface area contributed by atoms with Crippen LogP contribution in [0.5, 0.6) is 5.75 Å². The highest BCUT2D eigenvalue weighted by Crippen LogP contribution is 2.20. The van der Waals surface area contributed by atoms with E-state index in [9.17, 15) is 4.79 Å². The zero-order valence-corrected chi connectivity index (χ0v) is 21.2. The van der Waals surface area contributed by atoms with Crippen molar-refractivity contribution in [1.82, 2.24) is 16.0 Å². The number of benzene rings is 2. The first kappa shape index (κ1) is 26.5. The van der Waals surface area contributed by atoms with E-state index in [4.69, 9.17) is 4.74 Å². The van der Waals surface area contributed by atoms with Gasteiger partial charge in [-0.1, -0.05) is 24.3 Å². The Morgan fingerprint density at radius 3 is 2.35 bits per heavy atom. The van der Waals surface area contributed by atoms with Gasteiger partial charge < -0.3 is 26.0 Å². The van der Waals surface area contributed by atoms with Crippen molar-refractivity contribution in [3.05, 3.63) is 59.2 Å². The molecule has 0 aromatic heterocycles. The number of guanidine groups is 1. The van der Waals surface area contributed by atoms with Crippen LogP contribution in [-0.2, 0) is 13.1 Å². The molecule has 2 aromatic carbocycles. The lowest BCUT2D eigenvalue weighted by molar-refractivity contribution is 0.250. The summed E-state index contributed by atoms with van der Waals surface area (Å²) >= 11 is 0. The Balaban J connectivity index is 0.00000480. The van der Waals surface area contributed by atoms with E-state index in [-0.39, 0.29) is 36.0 Å². The van der Waals surface area contributed by atoms with Crippen LogP contribution in [0.15, 0.2) is 47.5 Å². The molecule has 0 radical (unpaired) electrons. The summed E-state index contributed by atoms with van der Waals surface area (Å²) in [6.07, 6.45) is 0. The van der Waals surface area contributed by atoms with E-state index < -0.39 is 0 Å². The summed E-state index contributed by atoms with van der Waals surface area (Å²) in [4.78, 5) is 16.1. The van der Waals surface area contributed by atoms with Crippen molar-refractivity contribution in [3.8, 4) is 5.75 Å². The van der Waals surface area contributed by atoms with E-state index in [0.29, 0.717) is 25.7 Å². The first-order valence-corrected chi connectivity index (χ1v) is 10.2. The quantitative estimate of drug-likeness (QED) is 0.228. The molecule has 2 amide bonds. The molecule has 2 rings (SSSR count). The Morgan fingerprint density at radius 2 is 1.74 bits per heavy atom. The fourth-order valence-electron chi connectivity index (χ4n) is 2.82. The van der Waals surface area contributed by atoms with Crippen molar-refractivity contribution in [2.75, 3.05) is 19.0 Å². The van der Waals surface area contributed by atoms with Crippen LogP contribution in [0.1, 0.15) is 37.5 Å². The molecular weight excluding hydrogens is 505 g/mol. The fourth-order valence-corrected chi connectivity index (χ4v) is 2.82. The van der Waals surface area contributed by atoms with E-state index in [0.717, 1.165) is 22.6 Å². The molecule has 0 atom stereocenters. The van der Waals surface area contributed by atoms with Gasteiger partial charge in [-0.25, -0.2) is 4.79 Å². The van der Waals surface area contributed by atoms with E-state index in [1.54, 1.807) is 7.05 Å². The van der Waals surface area contributed by atoms with Crippen LogP contribution in [0.3, 0.4) is 0 Å². The second-order valence-corrected chi connectivity index (χ2v) is 7.27. The van der Waals surface area contributed by atoms with Gasteiger partial charge >= 0.3 is 6.03 Å². The Hall–Kier alpha value is -2.49. The van der Waals surface area contributed by atoms with Crippen molar-refractivity contribution in [3.63, 3.8) is 0 Å². The first-order chi connectivity index (χ1) is 14.4. The summed E-state index contributed by atoms with van der Waals surface area (Å²) in [7, 11) is 1.74. The van der Waals surface area contributed by atoms with Crippen molar-refractivity contribution >= 4 is 41.7 Å². The lowest BCUT2D eigenvalue weighted by atomic mass is 10.1. The summed E-state index contributed by atoms with van der Waals surface area (Å²) < 4.78 is 5.74. The number of urea groups is 1. The molecular formula is C23H34IN5O2. The Labute approximate surface area is 202 Å². The van der Waals surface area contributed by atoms with Gasteiger partial charge in [0.2, 0.25) is 0 Å². The normalized spacial score (nSPS) is 10.8. The lowest BCUT2D eigenvalue weighted by Gasteiger charge is -2.15. The van der Waals surface area contributed by atoms with Crippen LogP contribution in [-0.4, -0.2) is 31.7 Å². The summed E-state index contributed by atoms with van der Waals surface area (Å²) in [5.41, 5.74) is 4.09. The standard InChI is InChI=1S/C23H33N5O2.HI/c1-6-30-21-13-17(4)7-10-19(21)15-26-22(24-5)25-14-18-8-11-20(12-9-18)28-23(29)27-16(2)3;/h7-13,16H,6,14-15H2,1-5H3,(H2,24,25,26)(H2,27,28,29);1H. The van der Waals surface area contributed by atoms with Crippen LogP contribution in [0.2, 0.25) is 0 Å². The number of amides is 2. The monoisotopic (exact) mass is 539 g/mol. The third kappa shape index (κ3) is 9.46. The highest BCUT2D eigenvalue weighted by atomic mass is 127. The molecule has 0 aliphatic rings. The molecule has 0 aliphatic carbocycles. The van der Waals surface area contributed by atoms with Crippen molar-refractivity contribution < 1.29 is 9.53 Å². The highest BCUT2D eigenvalue weighted by molar-refractivity contribution is 14.0. The predicted molar refractivity (Wildman–Crippen MR) is 139 cm³/mol. The predicted octanol–water partition coefficient (Wildman–Crippen LogP) is 4.41. The summed E-state index contributed by atoms with van der Waals surface area (Å²) in [5, 5.41) is 12.2. The summed E-state index contributed by atoms with van der Waals surface area (Å²) in [5.74, 6) is 1.60. The number of ether oxygens (including phenoxy) is 1. The van der Waals surface area contributed by atoms with Crippen LogP contribution in [0, 0.1) is 6.92 Å². The maximum Gasteiger partial charge on any atom is 0.319 e. The van der Waals surface area contributed by atoms with Crippen LogP contribution >= 0.6 is 24.0 Å². The van der Waals surface area contributed by atoms with Gasteiger partial charge in [0.1, 0.15) is 5.75 Å². The fraction of sp³-hybridized carbons (Fsp3) is 0.391. The number of nitrogens with zero attached hydrogens (tertiary/aromatic N) is 1. The molecule has 7 nitrogen and oxygen atoms in total. The van der Waals surface area contributed by atoms with E-state index in [1.807, 2.05) is 51.1 Å². The number of anilines is 1. The minimum absolute atomic E-state index is 0. The zero-order valence-electron chi connectivity index (χ0n) is 18.9. The molecule has 8 heteroatoms. The van der Waals surface area contributed by atoms with Gasteiger partial charge in [-0.3, -0.25) is 4.99 Å². The van der Waals surface area contributed by atoms with Crippen molar-refractivity contribution in [2.24, 2.45) is 4.99 Å². The molecule has 170 valence electrons. The van der Waals surface area contributed by atoms with Crippen LogP contribution < -0.4 is 26.0 Å². The zero-order chi connectivity index (χ0) is 21.9. The minimum Gasteiger partial charge on any atom is -0.494 e. The molecule has 0 spiro atoms. The van der Waals surface area contributed by atoms with Gasteiger partial charge in [-0.2, -0.15) is 0 Å². The second-order valence-electron chi connectivity index (χ2n) is 7.27. The van der Waals surface area contributed by atoms with Crippen molar-refractivity contribution in [2.45, 2.75) is 46.8 Å². The molecule has 0 fully saturated rings. The molecule has 0 unspecified atom stereocenters. The molecule has 0 heterocycles. The third-order valence-corrected chi connectivity index (χ3v) is 4.28. The Morgan fingerprint density at radius 1 is 1.06 bits per heavy atom. The maximum absolute atomic E-state index is 11.8. The van der Waals surface area contributed by atoms with Crippen LogP contribution in [0.25, 0.3) is 0 Å². The molecule has 4 N–H and O–H groups in total. The summed E-state index contributed by atoms with van der Waals surface area (Å²) in [6.45, 7) is 9.74. The number of carbonyl (C=O) groups is 1. The molecule has 0 saturated heterocycles. The van der Waals surface area contributed by atoms with Crippen molar-refractivity contribution in [1.29, 1.82) is 0 Å². The van der Waals surface area contributed by atoms with E-state index >= 15 is 0 Å². The van der Waals surface area contributed by atoms with E-state index in [2.05, 4.69) is 45.3 Å². The highest BCUT2D eigenvalue weighted by Gasteiger charge is 2.06. The molecule has 0 aliphatic heterocycles. The second kappa shape index (κ2) is 13.7. The average molecular weight is 539 g/mol. The van der Waals surface area contributed by atoms with Crippen LogP contribution in [0.4, 0.5) is 10.5 Å². The van der Waals surface area contributed by atoms with Gasteiger partial charge in [0.05, 0.1) is 6.61 Å². The third-order valence-electron chi connectivity index (χ3n) is 4.28. The van der Waals surface area contributed by atoms with Gasteiger partial charge in [0, 0.05) is 37.4 Å². The Bertz CT molecular complexity index is 854. The number of aliphatic imine (C=N–C) groups is 1. The molecule has 0 saturated carbocycles. The molecule has 0 bridgehead atoms. The smallest absolute Gasteiger partial charge is 0.319 e. The largest absolute Gasteiger partial charge is 0.494 e. The molecule has 31 heavy (non-hydrogen) atoms. The number of halogens is 1. The molecule has 2 aromatic rings. The number of nitrogens with one attached hydrogen (secondary N) is 4. The summed E-state index contributed by atoms with van der Waals surface area (Å²) in [6, 6.07) is 13.8. The Kier molecular flexibility index (Phi) is 11.8. The number of hydrogen-bond donors (Lipinski definition) is 4. The van der Waals surface area contributed by atoms with E-state index in [1.165, 1.54) is 5.56 Å². The lowest BCUT2D eigenvalue weighted by Crippen LogP contribution is -2.36. The minimum atomic E-state index is -0.206. The maximum atomic E-state index is 11.8. The number of hydrogen-bond acceptors (Lipinski definition) is 3. The topological polar surface area (TPSA) is 86.8 Å². The average Bonchev–Trinajstić information content (AvgIpc) is 2.70. The SMILES string of the molecule is CCOc1cc(C)ccc1CNC(=NC)NCc1ccc(NC(=O)NC(C)C)cc1.I. The number of aryl methyl sites for hydroxylation is 1. The first-order valence-electron chi connectivity index (χ1n) is 10.2.